The summed E-state index contributed by atoms with van der Waals surface area (Å²) >= 11 is 6.11. The summed E-state index contributed by atoms with van der Waals surface area (Å²) in [5.74, 6) is 0.00283. The average molecular weight is 422 g/mol. The van der Waals surface area contributed by atoms with E-state index >= 15 is 0 Å². The first kappa shape index (κ1) is 19.0. The molecule has 1 fully saturated rings. The second-order valence-corrected chi connectivity index (χ2v) is 8.87. The van der Waals surface area contributed by atoms with Gasteiger partial charge >= 0.3 is 0 Å². The van der Waals surface area contributed by atoms with Gasteiger partial charge in [-0.1, -0.05) is 35.0 Å². The first-order valence-corrected chi connectivity index (χ1v) is 10.6. The molecular formula is C19H17ClFN3O3S. The molecule has 1 saturated heterocycles. The highest BCUT2D eigenvalue weighted by Gasteiger charge is 2.40. The van der Waals surface area contributed by atoms with E-state index in [2.05, 4.69) is 10.1 Å². The predicted octanol–water partition coefficient (Wildman–Crippen LogP) is 4.36. The van der Waals surface area contributed by atoms with Crippen LogP contribution in [0.5, 0.6) is 0 Å². The summed E-state index contributed by atoms with van der Waals surface area (Å²) in [5.41, 5.74) is 0.967. The first-order chi connectivity index (χ1) is 13.4. The zero-order valence-corrected chi connectivity index (χ0v) is 16.5. The lowest BCUT2D eigenvalue weighted by Gasteiger charge is -2.22. The van der Waals surface area contributed by atoms with E-state index in [0.717, 1.165) is 0 Å². The molecule has 4 rings (SSSR count). The molecule has 0 bridgehead atoms. The second-order valence-electron chi connectivity index (χ2n) is 6.60. The fourth-order valence-electron chi connectivity index (χ4n) is 3.38. The molecule has 0 unspecified atom stereocenters. The largest absolute Gasteiger partial charge is 0.337 e. The molecule has 146 valence electrons. The topological polar surface area (TPSA) is 76.3 Å². The lowest BCUT2D eigenvalue weighted by atomic mass is 10.2. The Morgan fingerprint density at radius 3 is 2.82 bits per heavy atom. The van der Waals surface area contributed by atoms with E-state index in [0.29, 0.717) is 35.5 Å². The van der Waals surface area contributed by atoms with Gasteiger partial charge in [-0.05, 0) is 49.6 Å². The lowest BCUT2D eigenvalue weighted by molar-refractivity contribution is 0.290. The molecule has 0 amide bonds. The number of hydrogen-bond donors (Lipinski definition) is 0. The first-order valence-electron chi connectivity index (χ1n) is 8.74. The smallest absolute Gasteiger partial charge is 0.245 e. The summed E-state index contributed by atoms with van der Waals surface area (Å²) in [4.78, 5) is 4.49. The van der Waals surface area contributed by atoms with Gasteiger partial charge in [-0.15, -0.1) is 0 Å². The van der Waals surface area contributed by atoms with Crippen molar-refractivity contribution in [2.45, 2.75) is 30.7 Å². The lowest BCUT2D eigenvalue weighted by Crippen LogP contribution is -2.31. The van der Waals surface area contributed by atoms with Crippen LogP contribution in [0.25, 0.3) is 11.4 Å². The third kappa shape index (κ3) is 3.32. The third-order valence-corrected chi connectivity index (χ3v) is 7.28. The highest BCUT2D eigenvalue weighted by molar-refractivity contribution is 7.89. The Labute approximate surface area is 167 Å². The zero-order chi connectivity index (χ0) is 19.9. The van der Waals surface area contributed by atoms with Gasteiger partial charge in [-0.25, -0.2) is 12.8 Å². The number of hydrogen-bond acceptors (Lipinski definition) is 5. The average Bonchev–Trinajstić information content (AvgIpc) is 3.33. The van der Waals surface area contributed by atoms with E-state index in [1.54, 1.807) is 31.2 Å². The van der Waals surface area contributed by atoms with Gasteiger partial charge in [-0.2, -0.15) is 9.29 Å². The molecule has 9 heteroatoms. The highest BCUT2D eigenvalue weighted by Crippen LogP contribution is 2.38. The van der Waals surface area contributed by atoms with E-state index in [1.165, 1.54) is 22.5 Å². The summed E-state index contributed by atoms with van der Waals surface area (Å²) in [7, 11) is -3.79. The van der Waals surface area contributed by atoms with Crippen molar-refractivity contribution in [2.24, 2.45) is 0 Å². The normalized spacial score (nSPS) is 17.9. The number of aromatic nitrogens is 2. The second kappa shape index (κ2) is 7.27. The molecular weight excluding hydrogens is 405 g/mol. The van der Waals surface area contributed by atoms with E-state index in [1.807, 2.05) is 0 Å². The number of rotatable bonds is 4. The van der Waals surface area contributed by atoms with Gasteiger partial charge in [0.1, 0.15) is 11.9 Å². The quantitative estimate of drug-likeness (QED) is 0.625. The Balaban J connectivity index is 1.68. The molecule has 1 aromatic heterocycles. The minimum Gasteiger partial charge on any atom is -0.337 e. The van der Waals surface area contributed by atoms with Gasteiger partial charge in [0.2, 0.25) is 21.7 Å². The summed E-state index contributed by atoms with van der Waals surface area (Å²) in [6.07, 6.45) is 1.23. The van der Waals surface area contributed by atoms with Gasteiger partial charge < -0.3 is 4.52 Å². The Hall–Kier alpha value is -2.29. The molecule has 0 radical (unpaired) electrons. The number of nitrogens with zero attached hydrogens (tertiary/aromatic N) is 3. The molecule has 0 N–H and O–H groups in total. The van der Waals surface area contributed by atoms with Crippen LogP contribution in [0.15, 0.2) is 51.9 Å². The maximum absolute atomic E-state index is 13.5. The molecule has 0 aliphatic carbocycles. The van der Waals surface area contributed by atoms with Gasteiger partial charge in [0.15, 0.2) is 0 Å². The standard InChI is InChI=1S/C19H17ClFN3O3S/c1-12-15(20)7-3-9-17(12)28(25,26)24-10-4-8-16(24)19-22-18(23-27-19)13-5-2-6-14(21)11-13/h2-3,5-7,9,11,16H,4,8,10H2,1H3/t16-/m1/s1. The third-order valence-electron chi connectivity index (χ3n) is 4.82. The van der Waals surface area contributed by atoms with Crippen molar-refractivity contribution in [2.75, 3.05) is 6.54 Å². The number of halogens is 2. The van der Waals surface area contributed by atoms with Gasteiger partial charge in [0, 0.05) is 17.1 Å². The highest BCUT2D eigenvalue weighted by atomic mass is 35.5. The Morgan fingerprint density at radius 2 is 2.04 bits per heavy atom. The molecule has 2 aromatic carbocycles. The van der Waals surface area contributed by atoms with E-state index in [-0.39, 0.29) is 16.6 Å². The molecule has 28 heavy (non-hydrogen) atoms. The Kier molecular flexibility index (Phi) is 4.95. The fraction of sp³-hybridized carbons (Fsp3) is 0.263. The SMILES string of the molecule is Cc1c(Cl)cccc1S(=O)(=O)N1CCC[C@@H]1c1nc(-c2cccc(F)c2)no1. The molecule has 3 aromatic rings. The van der Waals surface area contributed by atoms with Crippen molar-refractivity contribution in [3.05, 3.63) is 64.8 Å². The van der Waals surface area contributed by atoms with Crippen LogP contribution < -0.4 is 0 Å². The van der Waals surface area contributed by atoms with Crippen LogP contribution in [0.3, 0.4) is 0 Å². The minimum atomic E-state index is -3.79. The Bertz CT molecular complexity index is 1130. The zero-order valence-electron chi connectivity index (χ0n) is 15.0. The van der Waals surface area contributed by atoms with Crippen LogP contribution >= 0.6 is 11.6 Å². The monoisotopic (exact) mass is 421 g/mol. The van der Waals surface area contributed by atoms with Crippen molar-refractivity contribution < 1.29 is 17.3 Å². The predicted molar refractivity (Wildman–Crippen MR) is 102 cm³/mol. The van der Waals surface area contributed by atoms with Crippen LogP contribution in [0.4, 0.5) is 4.39 Å². The number of sulfonamides is 1. The van der Waals surface area contributed by atoms with Crippen molar-refractivity contribution >= 4 is 21.6 Å². The molecule has 2 heterocycles. The van der Waals surface area contributed by atoms with Gasteiger partial charge in [0.05, 0.1) is 4.90 Å². The molecule has 1 atom stereocenters. The maximum atomic E-state index is 13.5. The summed E-state index contributed by atoms with van der Waals surface area (Å²) < 4.78 is 46.6. The molecule has 1 aliphatic rings. The molecule has 1 aliphatic heterocycles. The van der Waals surface area contributed by atoms with Gasteiger partial charge in [-0.3, -0.25) is 0 Å². The van der Waals surface area contributed by atoms with Crippen molar-refractivity contribution in [1.29, 1.82) is 0 Å². The molecule has 0 spiro atoms. The Morgan fingerprint density at radius 1 is 1.25 bits per heavy atom. The van der Waals surface area contributed by atoms with Crippen molar-refractivity contribution in [3.8, 4) is 11.4 Å². The van der Waals surface area contributed by atoms with Crippen LogP contribution in [-0.2, 0) is 10.0 Å². The summed E-state index contributed by atoms with van der Waals surface area (Å²) in [5, 5.41) is 4.29. The van der Waals surface area contributed by atoms with Crippen LogP contribution in [0, 0.1) is 12.7 Å². The van der Waals surface area contributed by atoms with Crippen LogP contribution in [0.1, 0.15) is 30.3 Å². The minimum absolute atomic E-state index is 0.164. The molecule has 0 saturated carbocycles. The fourth-order valence-corrected chi connectivity index (χ4v) is 5.51. The van der Waals surface area contributed by atoms with Crippen LogP contribution in [0.2, 0.25) is 5.02 Å². The van der Waals surface area contributed by atoms with Crippen molar-refractivity contribution in [3.63, 3.8) is 0 Å². The van der Waals surface area contributed by atoms with E-state index < -0.39 is 21.9 Å². The summed E-state index contributed by atoms with van der Waals surface area (Å²) in [6.45, 7) is 2.02. The van der Waals surface area contributed by atoms with Crippen molar-refractivity contribution in [1.82, 2.24) is 14.4 Å². The maximum Gasteiger partial charge on any atom is 0.245 e. The molecule has 6 nitrogen and oxygen atoms in total. The van der Waals surface area contributed by atoms with E-state index in [4.69, 9.17) is 16.1 Å². The van der Waals surface area contributed by atoms with Gasteiger partial charge in [0.25, 0.3) is 0 Å². The van der Waals surface area contributed by atoms with Crippen LogP contribution in [-0.4, -0.2) is 29.4 Å². The van der Waals surface area contributed by atoms with E-state index in [9.17, 15) is 12.8 Å². The number of benzene rings is 2. The summed E-state index contributed by atoms with van der Waals surface area (Å²) in [6, 6.07) is 10.1.